The number of carbonyl (C=O) groups is 1. The van der Waals surface area contributed by atoms with Crippen molar-refractivity contribution in [2.45, 2.75) is 9.79 Å². The minimum Gasteiger partial charge on any atom is -0.505 e. The fourth-order valence-corrected chi connectivity index (χ4v) is 4.20. The van der Waals surface area contributed by atoms with E-state index in [0.29, 0.717) is 11.8 Å². The molecule has 0 heterocycles. The molecular formula is C17H14N2O8S2. The first-order chi connectivity index (χ1) is 13.3. The second-order valence-electron chi connectivity index (χ2n) is 6.07. The Balaban J connectivity index is 2.47. The van der Waals surface area contributed by atoms with Crippen LogP contribution >= 0.6 is 0 Å². The quantitative estimate of drug-likeness (QED) is 0.172. The van der Waals surface area contributed by atoms with Crippen LogP contribution in [-0.2, 0) is 20.2 Å². The second kappa shape index (κ2) is 6.70. The van der Waals surface area contributed by atoms with Crippen LogP contribution in [0.5, 0.6) is 5.75 Å². The lowest BCUT2D eigenvalue weighted by atomic mass is 9.96. The van der Waals surface area contributed by atoms with E-state index in [1.807, 2.05) is 0 Å². The summed E-state index contributed by atoms with van der Waals surface area (Å²) in [5.74, 6) is -1.61. The molecule has 0 bridgehead atoms. The van der Waals surface area contributed by atoms with Crippen LogP contribution in [0.4, 0.5) is 11.4 Å². The summed E-state index contributed by atoms with van der Waals surface area (Å²) in [6.07, 6.45) is 0. The van der Waals surface area contributed by atoms with Crippen molar-refractivity contribution in [3.8, 4) is 5.75 Å². The van der Waals surface area contributed by atoms with Gasteiger partial charge in [-0.2, -0.15) is 16.8 Å². The third-order valence-corrected chi connectivity index (χ3v) is 6.02. The Hall–Kier alpha value is -3.19. The zero-order chi connectivity index (χ0) is 21.7. The maximum atomic E-state index is 12.9. The highest BCUT2D eigenvalue weighted by Crippen LogP contribution is 2.41. The minimum absolute atomic E-state index is 0.136. The van der Waals surface area contributed by atoms with Crippen LogP contribution in [0.2, 0.25) is 0 Å². The summed E-state index contributed by atoms with van der Waals surface area (Å²) in [4.78, 5) is 11.1. The lowest BCUT2D eigenvalue weighted by molar-refractivity contribution is 0.104. The van der Waals surface area contributed by atoms with Crippen molar-refractivity contribution in [1.29, 1.82) is 0 Å². The number of phenolic OH excluding ortho intramolecular Hbond substituents is 1. The fourth-order valence-electron chi connectivity index (χ4n) is 2.88. The minimum atomic E-state index is -4.96. The van der Waals surface area contributed by atoms with E-state index in [9.17, 15) is 35.8 Å². The van der Waals surface area contributed by atoms with Gasteiger partial charge in [0.25, 0.3) is 20.2 Å². The summed E-state index contributed by atoms with van der Waals surface area (Å²) in [6.45, 7) is 0. The third-order valence-electron chi connectivity index (χ3n) is 4.21. The molecule has 3 rings (SSSR count). The lowest BCUT2D eigenvalue weighted by Gasteiger charge is -2.14. The summed E-state index contributed by atoms with van der Waals surface area (Å²) in [5.41, 5.74) is 10.7. The van der Waals surface area contributed by atoms with Gasteiger partial charge in [-0.15, -0.1) is 0 Å². The molecule has 0 fully saturated rings. The molecule has 0 aliphatic heterocycles. The Kier molecular flexibility index (Phi) is 4.75. The first kappa shape index (κ1) is 20.5. The number of fused-ring (bicyclic) bond motifs is 1. The molecule has 0 aromatic heterocycles. The Morgan fingerprint density at radius 1 is 0.828 bits per heavy atom. The van der Waals surface area contributed by atoms with Gasteiger partial charge in [0.05, 0.1) is 5.69 Å². The summed E-state index contributed by atoms with van der Waals surface area (Å²) in [5, 5.41) is 9.53. The van der Waals surface area contributed by atoms with E-state index in [1.165, 1.54) is 24.3 Å². The fraction of sp³-hybridized carbons (Fsp3) is 0. The molecule has 152 valence electrons. The van der Waals surface area contributed by atoms with Crippen molar-refractivity contribution in [3.05, 3.63) is 53.6 Å². The molecule has 7 N–H and O–H groups in total. The van der Waals surface area contributed by atoms with E-state index in [-0.39, 0.29) is 11.1 Å². The highest BCUT2D eigenvalue weighted by Gasteiger charge is 2.27. The first-order valence-corrected chi connectivity index (χ1v) is 10.6. The van der Waals surface area contributed by atoms with Crippen molar-refractivity contribution < 1.29 is 35.8 Å². The molecule has 12 heteroatoms. The van der Waals surface area contributed by atoms with Crippen LogP contribution in [0.15, 0.2) is 52.3 Å². The molecule has 0 saturated carbocycles. The molecule has 0 atom stereocenters. The summed E-state index contributed by atoms with van der Waals surface area (Å²) >= 11 is 0. The Morgan fingerprint density at radius 3 is 1.90 bits per heavy atom. The maximum Gasteiger partial charge on any atom is 0.296 e. The molecule has 0 aliphatic rings. The van der Waals surface area contributed by atoms with Gasteiger partial charge in [0.2, 0.25) is 0 Å². The predicted octanol–water partition coefficient (Wildman–Crippen LogP) is 1.43. The molecule has 3 aromatic rings. The Labute approximate surface area is 164 Å². The van der Waals surface area contributed by atoms with Gasteiger partial charge in [0.15, 0.2) is 5.78 Å². The predicted molar refractivity (Wildman–Crippen MR) is 104 cm³/mol. The van der Waals surface area contributed by atoms with Gasteiger partial charge in [-0.3, -0.25) is 13.9 Å². The number of aromatic hydroxyl groups is 1. The van der Waals surface area contributed by atoms with Crippen molar-refractivity contribution in [2.24, 2.45) is 0 Å². The normalized spacial score (nSPS) is 12.2. The van der Waals surface area contributed by atoms with Crippen molar-refractivity contribution in [1.82, 2.24) is 0 Å². The molecule has 10 nitrogen and oxygen atoms in total. The van der Waals surface area contributed by atoms with Gasteiger partial charge < -0.3 is 16.6 Å². The number of hydrogen-bond donors (Lipinski definition) is 5. The van der Waals surface area contributed by atoms with E-state index >= 15 is 0 Å². The maximum absolute atomic E-state index is 12.9. The molecule has 0 unspecified atom stereocenters. The van der Waals surface area contributed by atoms with Gasteiger partial charge in [-0.05, 0) is 42.5 Å². The average Bonchev–Trinajstić information content (AvgIpc) is 2.62. The van der Waals surface area contributed by atoms with Crippen LogP contribution in [0.25, 0.3) is 10.8 Å². The monoisotopic (exact) mass is 438 g/mol. The molecule has 29 heavy (non-hydrogen) atoms. The standard InChI is InChI=1S/C17H14N2O8S2/c18-9-3-1-8(2-4-9)16(20)10-5-6-12(28(22,23)24)11-7-13(29(25,26)27)15(19)17(21)14(10)11/h1-7,21H,18-19H2,(H,22,23,24)(H,25,26,27). The number of phenols is 1. The van der Waals surface area contributed by atoms with Crippen LogP contribution in [0.3, 0.4) is 0 Å². The molecule has 0 spiro atoms. The zero-order valence-corrected chi connectivity index (χ0v) is 16.0. The molecule has 0 aliphatic carbocycles. The number of ketones is 1. The highest BCUT2D eigenvalue weighted by molar-refractivity contribution is 7.86. The highest BCUT2D eigenvalue weighted by atomic mass is 32.2. The third kappa shape index (κ3) is 3.61. The van der Waals surface area contributed by atoms with E-state index in [4.69, 9.17) is 11.5 Å². The summed E-state index contributed by atoms with van der Waals surface area (Å²) in [7, 11) is -9.85. The van der Waals surface area contributed by atoms with Gasteiger partial charge in [0, 0.05) is 27.6 Å². The Morgan fingerprint density at radius 2 is 1.38 bits per heavy atom. The smallest absolute Gasteiger partial charge is 0.296 e. The topological polar surface area (TPSA) is 198 Å². The number of nitrogens with two attached hydrogens (primary N) is 2. The van der Waals surface area contributed by atoms with E-state index < -0.39 is 58.0 Å². The average molecular weight is 438 g/mol. The molecule has 3 aromatic carbocycles. The summed E-state index contributed by atoms with van der Waals surface area (Å²) < 4.78 is 65.3. The number of rotatable bonds is 4. The number of hydrogen-bond acceptors (Lipinski definition) is 8. The number of anilines is 2. The van der Waals surface area contributed by atoms with Gasteiger partial charge >= 0.3 is 0 Å². The van der Waals surface area contributed by atoms with Crippen molar-refractivity contribution >= 4 is 48.2 Å². The van der Waals surface area contributed by atoms with E-state index in [0.717, 1.165) is 12.1 Å². The van der Waals surface area contributed by atoms with Crippen LogP contribution < -0.4 is 11.5 Å². The SMILES string of the molecule is Nc1ccc(C(=O)c2ccc(S(=O)(=O)O)c3cc(S(=O)(=O)O)c(N)c(O)c23)cc1. The largest absolute Gasteiger partial charge is 0.505 e. The van der Waals surface area contributed by atoms with E-state index in [1.54, 1.807) is 0 Å². The molecular weight excluding hydrogens is 424 g/mol. The van der Waals surface area contributed by atoms with Crippen LogP contribution in [0, 0.1) is 0 Å². The second-order valence-corrected chi connectivity index (χ2v) is 8.85. The van der Waals surface area contributed by atoms with Crippen molar-refractivity contribution in [3.63, 3.8) is 0 Å². The first-order valence-electron chi connectivity index (χ1n) is 7.75. The zero-order valence-electron chi connectivity index (χ0n) is 14.4. The van der Waals surface area contributed by atoms with E-state index in [2.05, 4.69) is 0 Å². The van der Waals surface area contributed by atoms with Gasteiger partial charge in [-0.25, -0.2) is 0 Å². The molecule has 0 amide bonds. The number of benzene rings is 3. The van der Waals surface area contributed by atoms with Gasteiger partial charge in [0.1, 0.15) is 15.5 Å². The number of carbonyl (C=O) groups excluding carboxylic acids is 1. The molecule has 0 radical (unpaired) electrons. The number of nitrogen functional groups attached to an aromatic ring is 2. The summed E-state index contributed by atoms with van der Waals surface area (Å²) in [6, 6.07) is 8.25. The molecule has 0 saturated heterocycles. The lowest BCUT2D eigenvalue weighted by Crippen LogP contribution is -2.09. The van der Waals surface area contributed by atoms with Crippen LogP contribution in [0.1, 0.15) is 15.9 Å². The Bertz CT molecular complexity index is 1380. The van der Waals surface area contributed by atoms with Crippen molar-refractivity contribution in [2.75, 3.05) is 11.5 Å². The van der Waals surface area contributed by atoms with Crippen LogP contribution in [-0.4, -0.2) is 36.8 Å². The van der Waals surface area contributed by atoms with Gasteiger partial charge in [-0.1, -0.05) is 0 Å².